The second-order valence-electron chi connectivity index (χ2n) is 12.8. The molecule has 0 spiro atoms. The van der Waals surface area contributed by atoms with Crippen molar-refractivity contribution < 1.29 is 28.2 Å². The number of hydrogen-bond donors (Lipinski definition) is 2. The van der Waals surface area contributed by atoms with Gasteiger partial charge in [0.25, 0.3) is 0 Å². The van der Waals surface area contributed by atoms with Crippen LogP contribution in [0.2, 0.25) is 0 Å². The zero-order valence-electron chi connectivity index (χ0n) is 24.1. The summed E-state index contributed by atoms with van der Waals surface area (Å²) < 4.78 is 30.9. The third kappa shape index (κ3) is 4.46. The number of rotatable bonds is 9. The molecular weight excluding hydrogens is 525 g/mol. The molecule has 2 bridgehead atoms. The summed E-state index contributed by atoms with van der Waals surface area (Å²) in [6.45, 7) is 5.95. The number of ether oxygens (including phenoxy) is 3. The first-order valence-electron chi connectivity index (χ1n) is 14.0. The highest BCUT2D eigenvalue weighted by Crippen LogP contribution is 2.64. The van der Waals surface area contributed by atoms with E-state index in [-0.39, 0.29) is 23.3 Å². The van der Waals surface area contributed by atoms with Crippen LogP contribution in [0, 0.1) is 16.7 Å². The fourth-order valence-electron chi connectivity index (χ4n) is 7.05. The van der Waals surface area contributed by atoms with E-state index in [1.165, 1.54) is 0 Å². The lowest BCUT2D eigenvalue weighted by molar-refractivity contribution is -0.186. The maximum Gasteiger partial charge on any atom is 0.230 e. The van der Waals surface area contributed by atoms with Crippen LogP contribution in [0.3, 0.4) is 0 Å². The SMILES string of the molecule is COc1cc2nccc(Oc3ccc(NC(=O)C4(C(C)C)CC(C)(C(=O)NC56CC(F)(C5)C6)C4)cc3)c2cc1OC. The molecule has 0 aliphatic heterocycles. The number of alkyl halides is 1. The van der Waals surface area contributed by atoms with Crippen LogP contribution in [0.5, 0.6) is 23.0 Å². The average Bonchev–Trinajstić information content (AvgIpc) is 2.89. The van der Waals surface area contributed by atoms with Crippen LogP contribution in [-0.4, -0.2) is 42.2 Å². The summed E-state index contributed by atoms with van der Waals surface area (Å²) in [7, 11) is 3.16. The van der Waals surface area contributed by atoms with Crippen molar-refractivity contribution in [2.24, 2.45) is 16.7 Å². The zero-order chi connectivity index (χ0) is 29.2. The molecule has 0 unspecified atom stereocenters. The maximum atomic E-state index is 13.9. The monoisotopic (exact) mass is 561 g/mol. The highest BCUT2D eigenvalue weighted by atomic mass is 19.1. The second-order valence-corrected chi connectivity index (χ2v) is 12.8. The van der Waals surface area contributed by atoms with Crippen molar-refractivity contribution >= 4 is 28.4 Å². The summed E-state index contributed by atoms with van der Waals surface area (Å²) >= 11 is 0. The van der Waals surface area contributed by atoms with Crippen LogP contribution in [0.25, 0.3) is 10.9 Å². The summed E-state index contributed by atoms with van der Waals surface area (Å²) in [5, 5.41) is 6.93. The van der Waals surface area contributed by atoms with Gasteiger partial charge in [0, 0.05) is 53.6 Å². The Bertz CT molecular complexity index is 1510. The summed E-state index contributed by atoms with van der Waals surface area (Å²) in [6, 6.07) is 12.6. The second kappa shape index (κ2) is 9.33. The molecule has 1 aromatic heterocycles. The molecule has 2 N–H and O–H groups in total. The molecule has 0 radical (unpaired) electrons. The third-order valence-electron chi connectivity index (χ3n) is 9.41. The van der Waals surface area contributed by atoms with Crippen molar-refractivity contribution in [3.05, 3.63) is 48.7 Å². The van der Waals surface area contributed by atoms with E-state index in [1.807, 2.05) is 26.8 Å². The van der Waals surface area contributed by atoms with Crippen LogP contribution in [0.4, 0.5) is 10.1 Å². The number of aromatic nitrogens is 1. The highest BCUT2D eigenvalue weighted by molar-refractivity contribution is 5.99. The molecule has 41 heavy (non-hydrogen) atoms. The molecule has 4 fully saturated rings. The molecule has 8 nitrogen and oxygen atoms in total. The number of carbonyl (C=O) groups is 2. The van der Waals surface area contributed by atoms with Crippen molar-refractivity contribution in [3.8, 4) is 23.0 Å². The van der Waals surface area contributed by atoms with E-state index in [4.69, 9.17) is 14.2 Å². The number of nitrogens with zero attached hydrogens (tertiary/aromatic N) is 1. The average molecular weight is 562 g/mol. The van der Waals surface area contributed by atoms with Gasteiger partial charge in [-0.2, -0.15) is 0 Å². The molecule has 3 aromatic rings. The smallest absolute Gasteiger partial charge is 0.230 e. The van der Waals surface area contributed by atoms with Gasteiger partial charge in [-0.05, 0) is 55.2 Å². The van der Waals surface area contributed by atoms with E-state index in [0.717, 1.165) is 5.39 Å². The van der Waals surface area contributed by atoms with Crippen molar-refractivity contribution in [2.45, 2.75) is 64.1 Å². The van der Waals surface area contributed by atoms with Crippen molar-refractivity contribution in [1.29, 1.82) is 0 Å². The topological polar surface area (TPSA) is 98.8 Å². The fraction of sp³-hybridized carbons (Fsp3) is 0.469. The molecule has 0 saturated heterocycles. The largest absolute Gasteiger partial charge is 0.493 e. The van der Waals surface area contributed by atoms with Crippen molar-refractivity contribution in [3.63, 3.8) is 0 Å². The molecule has 7 rings (SSSR count). The molecule has 1 heterocycles. The van der Waals surface area contributed by atoms with Crippen LogP contribution in [-0.2, 0) is 9.59 Å². The Labute approximate surface area is 239 Å². The van der Waals surface area contributed by atoms with E-state index in [2.05, 4.69) is 15.6 Å². The first kappa shape index (κ1) is 27.3. The first-order valence-corrected chi connectivity index (χ1v) is 14.0. The van der Waals surface area contributed by atoms with Gasteiger partial charge in [0.2, 0.25) is 11.8 Å². The molecule has 216 valence electrons. The molecule has 2 amide bonds. The van der Waals surface area contributed by atoms with Crippen molar-refractivity contribution in [2.75, 3.05) is 19.5 Å². The summed E-state index contributed by atoms with van der Waals surface area (Å²) in [4.78, 5) is 31.1. The number of nitrogens with one attached hydrogen (secondary N) is 2. The van der Waals surface area contributed by atoms with Crippen LogP contribution in [0.15, 0.2) is 48.7 Å². The number of halogens is 1. The summed E-state index contributed by atoms with van der Waals surface area (Å²) in [5.41, 5.74) is -1.37. The molecule has 9 heteroatoms. The van der Waals surface area contributed by atoms with E-state index < -0.39 is 16.5 Å². The Balaban J connectivity index is 1.12. The number of hydrogen-bond acceptors (Lipinski definition) is 6. The predicted molar refractivity (Wildman–Crippen MR) is 153 cm³/mol. The zero-order valence-corrected chi connectivity index (χ0v) is 24.1. The van der Waals surface area contributed by atoms with E-state index >= 15 is 0 Å². The molecule has 4 aliphatic carbocycles. The van der Waals surface area contributed by atoms with Crippen molar-refractivity contribution in [1.82, 2.24) is 10.3 Å². The van der Waals surface area contributed by atoms with Gasteiger partial charge in [-0.3, -0.25) is 14.6 Å². The number of benzene rings is 2. The maximum absolute atomic E-state index is 13.9. The standard InChI is InChI=1S/C32H36FN3O5/c1-19(2)32(14-29(3,15-32)27(37)36-31-16-30(33,17-31)18-31)28(38)35-20-6-8-21(9-7-20)41-24-10-11-34-23-13-26(40-5)25(39-4)12-22(23)24/h6-13,19H,14-18H2,1-5H3,(H,35,38)(H,36,37). The minimum absolute atomic E-state index is 0.0469. The van der Waals surface area contributed by atoms with Gasteiger partial charge in [-0.15, -0.1) is 0 Å². The molecule has 4 saturated carbocycles. The Morgan fingerprint density at radius 1 is 0.902 bits per heavy atom. The van der Waals surface area contributed by atoms with E-state index in [9.17, 15) is 14.0 Å². The summed E-state index contributed by atoms with van der Waals surface area (Å²) in [6.07, 6.45) is 3.82. The third-order valence-corrected chi connectivity index (χ3v) is 9.41. The number of anilines is 1. The van der Waals surface area contributed by atoms with E-state index in [0.29, 0.717) is 66.3 Å². The number of pyridine rings is 1. The normalized spacial score (nSPS) is 29.5. The first-order chi connectivity index (χ1) is 19.4. The van der Waals surface area contributed by atoms with Gasteiger partial charge in [0.05, 0.1) is 25.2 Å². The van der Waals surface area contributed by atoms with Gasteiger partial charge < -0.3 is 24.8 Å². The Kier molecular flexibility index (Phi) is 6.21. The number of methoxy groups -OCH3 is 2. The molecule has 4 aliphatic rings. The molecule has 2 aromatic carbocycles. The quantitative estimate of drug-likeness (QED) is 0.324. The lowest BCUT2D eigenvalue weighted by Gasteiger charge is -2.66. The lowest BCUT2D eigenvalue weighted by Crippen LogP contribution is -2.78. The molecule has 0 atom stereocenters. The minimum Gasteiger partial charge on any atom is -0.493 e. The number of fused-ring (bicyclic) bond motifs is 1. The van der Waals surface area contributed by atoms with Crippen LogP contribution in [0.1, 0.15) is 52.9 Å². The fourth-order valence-corrected chi connectivity index (χ4v) is 7.05. The van der Waals surface area contributed by atoms with Gasteiger partial charge in [0.15, 0.2) is 11.5 Å². The van der Waals surface area contributed by atoms with Gasteiger partial charge in [-0.25, -0.2) is 4.39 Å². The number of amides is 2. The van der Waals surface area contributed by atoms with Crippen LogP contribution >= 0.6 is 0 Å². The summed E-state index contributed by atoms with van der Waals surface area (Å²) in [5.74, 6) is 2.25. The Morgan fingerprint density at radius 3 is 2.12 bits per heavy atom. The lowest BCUT2D eigenvalue weighted by atomic mass is 9.46. The highest BCUT2D eigenvalue weighted by Gasteiger charge is 2.71. The van der Waals surface area contributed by atoms with Gasteiger partial charge >= 0.3 is 0 Å². The Morgan fingerprint density at radius 2 is 1.54 bits per heavy atom. The number of carbonyl (C=O) groups excluding carboxylic acids is 2. The van der Waals surface area contributed by atoms with Gasteiger partial charge in [0.1, 0.15) is 17.2 Å². The minimum atomic E-state index is -1.07. The Hall–Kier alpha value is -3.88. The van der Waals surface area contributed by atoms with Gasteiger partial charge in [-0.1, -0.05) is 20.8 Å². The predicted octanol–water partition coefficient (Wildman–Crippen LogP) is 6.19. The van der Waals surface area contributed by atoms with Crippen LogP contribution < -0.4 is 24.8 Å². The molecular formula is C32H36FN3O5. The van der Waals surface area contributed by atoms with E-state index in [1.54, 1.807) is 56.8 Å².